The van der Waals surface area contributed by atoms with Gasteiger partial charge in [0.1, 0.15) is 17.1 Å². The molecule has 51 heavy (non-hydrogen) atoms. The van der Waals surface area contributed by atoms with Crippen LogP contribution < -0.4 is 20.7 Å². The van der Waals surface area contributed by atoms with Crippen molar-refractivity contribution < 1.29 is 33.1 Å². The molecule has 3 aromatic carbocycles. The average molecular weight is 742 g/mol. The quantitative estimate of drug-likeness (QED) is 0.0784. The Balaban J connectivity index is 0.00000143. The summed E-state index contributed by atoms with van der Waals surface area (Å²) in [6.07, 6.45) is 1.09. The number of hydrogen-bond donors (Lipinski definition) is 3. The summed E-state index contributed by atoms with van der Waals surface area (Å²) in [5.41, 5.74) is -1.81. The van der Waals surface area contributed by atoms with Crippen LogP contribution in [0.2, 0.25) is 0 Å². The SMILES string of the molecule is C.CC.CCC.COc1ccc(C(OCC2(C)OC(n3cc(C)c(=O)[nH]c3=O)C(O)=C2O[P+](=O)S)(c2ccccc2)c2ccc(OC)cc2)cc1. The Kier molecular flexibility index (Phi) is 16.2. The van der Waals surface area contributed by atoms with Crippen LogP contribution in [0, 0.1) is 6.92 Å². The van der Waals surface area contributed by atoms with Crippen molar-refractivity contribution in [1.82, 2.24) is 9.55 Å². The molecule has 2 N–H and O–H groups in total. The summed E-state index contributed by atoms with van der Waals surface area (Å²) >= 11 is 3.90. The molecule has 1 aliphatic heterocycles. The number of aliphatic hydroxyl groups is 1. The Labute approximate surface area is 306 Å². The molecule has 1 aromatic heterocycles. The molecule has 3 unspecified atom stereocenters. The zero-order chi connectivity index (χ0) is 37.1. The molecule has 0 radical (unpaired) electrons. The van der Waals surface area contributed by atoms with Crippen LogP contribution in [-0.4, -0.2) is 41.1 Å². The molecule has 13 heteroatoms. The molecular weight excluding hydrogens is 691 g/mol. The predicted octanol–water partition coefficient (Wildman–Crippen LogP) is 8.61. The van der Waals surface area contributed by atoms with Crippen molar-refractivity contribution in [3.63, 3.8) is 0 Å². The maximum atomic E-state index is 12.8. The molecule has 0 fully saturated rings. The molecule has 11 nitrogen and oxygen atoms in total. The van der Waals surface area contributed by atoms with Crippen LogP contribution in [0.15, 0.2) is 106 Å². The number of aromatic amines is 1. The lowest BCUT2D eigenvalue weighted by Gasteiger charge is -2.38. The number of aliphatic hydroxyl groups excluding tert-OH is 1. The van der Waals surface area contributed by atoms with Crippen molar-refractivity contribution in [2.45, 2.75) is 72.8 Å². The largest absolute Gasteiger partial charge is 0.631 e. The summed E-state index contributed by atoms with van der Waals surface area (Å²) < 4.78 is 42.8. The van der Waals surface area contributed by atoms with Gasteiger partial charge in [-0.1, -0.05) is 96.1 Å². The maximum Gasteiger partial charge on any atom is 0.631 e. The van der Waals surface area contributed by atoms with Crippen LogP contribution >= 0.6 is 19.5 Å². The predicted molar refractivity (Wildman–Crippen MR) is 204 cm³/mol. The second-order valence-corrected chi connectivity index (χ2v) is 12.9. The Morgan fingerprint density at radius 2 is 1.39 bits per heavy atom. The van der Waals surface area contributed by atoms with E-state index in [4.69, 9.17) is 23.5 Å². The minimum absolute atomic E-state index is 0. The molecule has 2 heterocycles. The van der Waals surface area contributed by atoms with Crippen LogP contribution in [0.25, 0.3) is 0 Å². The zero-order valence-corrected chi connectivity index (χ0v) is 31.4. The first kappa shape index (κ1) is 42.8. The van der Waals surface area contributed by atoms with Crippen LogP contribution in [0.1, 0.15) is 76.9 Å². The first-order chi connectivity index (χ1) is 23.9. The van der Waals surface area contributed by atoms with Gasteiger partial charge in [0.25, 0.3) is 5.56 Å². The second kappa shape index (κ2) is 19.3. The number of ether oxygens (including phenoxy) is 4. The molecule has 3 atom stereocenters. The Hall–Kier alpha value is -4.35. The Morgan fingerprint density at radius 3 is 1.84 bits per heavy atom. The van der Waals surface area contributed by atoms with Gasteiger partial charge in [0.05, 0.1) is 20.8 Å². The number of nitrogens with zero attached hydrogens (tertiary/aromatic N) is 1. The van der Waals surface area contributed by atoms with Gasteiger partial charge in [-0.05, 0) is 59.4 Å². The van der Waals surface area contributed by atoms with Gasteiger partial charge < -0.3 is 24.1 Å². The number of aryl methyl sites for hydroxylation is 1. The van der Waals surface area contributed by atoms with Crippen molar-refractivity contribution in [1.29, 1.82) is 0 Å². The third kappa shape index (κ3) is 9.51. The van der Waals surface area contributed by atoms with Crippen molar-refractivity contribution >= 4 is 19.5 Å². The fraction of sp³-hybridized carbons (Fsp3) is 0.368. The molecule has 0 aliphatic carbocycles. The summed E-state index contributed by atoms with van der Waals surface area (Å²) in [6.45, 7) is 11.1. The van der Waals surface area contributed by atoms with Gasteiger partial charge in [0.15, 0.2) is 23.6 Å². The van der Waals surface area contributed by atoms with Crippen LogP contribution in [-0.2, 0) is 24.2 Å². The van der Waals surface area contributed by atoms with E-state index >= 15 is 0 Å². The van der Waals surface area contributed by atoms with Gasteiger partial charge in [-0.25, -0.2) is 9.32 Å². The van der Waals surface area contributed by atoms with Crippen molar-refractivity contribution in [2.24, 2.45) is 0 Å². The molecule has 0 bridgehead atoms. The normalized spacial score (nSPS) is 16.8. The Morgan fingerprint density at radius 1 is 0.922 bits per heavy atom. The van der Waals surface area contributed by atoms with Crippen molar-refractivity contribution in [3.05, 3.63) is 140 Å². The molecule has 0 saturated heterocycles. The lowest BCUT2D eigenvalue weighted by molar-refractivity contribution is -0.132. The smallest absolute Gasteiger partial charge is 0.505 e. The molecule has 0 amide bonds. The molecule has 0 saturated carbocycles. The number of thiol groups is 1. The summed E-state index contributed by atoms with van der Waals surface area (Å²) in [5.74, 6) is 0.538. The summed E-state index contributed by atoms with van der Waals surface area (Å²) in [6, 6.07) is 24.3. The van der Waals surface area contributed by atoms with Gasteiger partial charge in [-0.15, -0.1) is 0 Å². The standard InChI is InChI=1S/C32H31N2O9PS.C3H8.C2H6.CH4/c1-20-18-34(30(37)33-28(20)36)29-26(35)27(43-44(38)45)31(2,42-29)19-41-32(21-8-6-5-7-9-21,22-10-14-24(39-3)15-11-22)23-12-16-25(40-4)17-13-23;1-3-2;1-2;/h5-18,29H,19H2,1-4H3,(H2-,33,35,36,37,38,45);3H2,1-2H3;1-2H3;1H4/p+1. The van der Waals surface area contributed by atoms with Gasteiger partial charge in [0, 0.05) is 11.8 Å². The number of hydrogen-bond acceptors (Lipinski definition) is 9. The maximum absolute atomic E-state index is 12.8. The minimum Gasteiger partial charge on any atom is -0.505 e. The van der Waals surface area contributed by atoms with Crippen molar-refractivity contribution in [3.8, 4) is 11.5 Å². The van der Waals surface area contributed by atoms with E-state index in [2.05, 4.69) is 31.1 Å². The lowest BCUT2D eigenvalue weighted by atomic mass is 9.79. The molecule has 5 rings (SSSR count). The number of H-pyrrole nitrogens is 1. The van der Waals surface area contributed by atoms with E-state index in [0.29, 0.717) is 11.5 Å². The van der Waals surface area contributed by atoms with Crippen LogP contribution in [0.4, 0.5) is 0 Å². The van der Waals surface area contributed by atoms with Gasteiger partial charge in [-0.3, -0.25) is 14.3 Å². The van der Waals surface area contributed by atoms with E-state index in [1.165, 1.54) is 19.5 Å². The topological polar surface area (TPSA) is 138 Å². The highest BCUT2D eigenvalue weighted by molar-refractivity contribution is 8.39. The first-order valence-corrected chi connectivity index (χ1v) is 18.5. The summed E-state index contributed by atoms with van der Waals surface area (Å²) in [7, 11) is 0.591. The highest BCUT2D eigenvalue weighted by Gasteiger charge is 2.53. The Bertz CT molecular complexity index is 1810. The first-order valence-electron chi connectivity index (χ1n) is 16.2. The second-order valence-electron chi connectivity index (χ2n) is 11.2. The molecule has 276 valence electrons. The summed E-state index contributed by atoms with van der Waals surface area (Å²) in [4.78, 5) is 27.0. The van der Waals surface area contributed by atoms with E-state index in [9.17, 15) is 19.3 Å². The molecule has 4 aromatic rings. The number of benzene rings is 3. The van der Waals surface area contributed by atoms with Crippen molar-refractivity contribution in [2.75, 3.05) is 20.8 Å². The van der Waals surface area contributed by atoms with Crippen LogP contribution in [0.3, 0.4) is 0 Å². The molecular formula is C38H50N2O9PS+. The minimum atomic E-state index is -2.57. The number of rotatable bonds is 11. The third-order valence-corrected chi connectivity index (χ3v) is 8.21. The van der Waals surface area contributed by atoms with E-state index in [0.717, 1.165) is 21.3 Å². The fourth-order valence-electron chi connectivity index (χ4n) is 5.33. The fourth-order valence-corrected chi connectivity index (χ4v) is 6.02. The average Bonchev–Trinajstić information content (AvgIpc) is 3.37. The van der Waals surface area contributed by atoms with Gasteiger partial charge in [0.2, 0.25) is 12.0 Å². The third-order valence-electron chi connectivity index (χ3n) is 7.62. The van der Waals surface area contributed by atoms with Gasteiger partial charge in [-0.2, -0.15) is 0 Å². The van der Waals surface area contributed by atoms with E-state index in [-0.39, 0.29) is 25.4 Å². The van der Waals surface area contributed by atoms with Crippen LogP contribution in [0.5, 0.6) is 11.5 Å². The number of methoxy groups -OCH3 is 2. The molecule has 0 spiro atoms. The van der Waals surface area contributed by atoms with E-state index in [1.54, 1.807) is 21.1 Å². The highest BCUT2D eigenvalue weighted by atomic mass is 32.7. The van der Waals surface area contributed by atoms with Gasteiger partial charge >= 0.3 is 12.9 Å². The summed E-state index contributed by atoms with van der Waals surface area (Å²) in [5, 5.41) is 11.3. The monoisotopic (exact) mass is 741 g/mol. The number of nitrogens with one attached hydrogen (secondary N) is 1. The molecule has 1 aliphatic rings. The van der Waals surface area contributed by atoms with E-state index in [1.807, 2.05) is 92.7 Å². The highest BCUT2D eigenvalue weighted by Crippen LogP contribution is 2.48. The number of aromatic nitrogens is 2. The zero-order valence-electron chi connectivity index (χ0n) is 29.6. The van der Waals surface area contributed by atoms with E-state index < -0.39 is 41.7 Å². The lowest BCUT2D eigenvalue weighted by Crippen LogP contribution is -2.42.